The van der Waals surface area contributed by atoms with Crippen LogP contribution in [0.1, 0.15) is 86.0 Å². The van der Waals surface area contributed by atoms with Crippen molar-refractivity contribution in [3.8, 4) is 0 Å². The lowest BCUT2D eigenvalue weighted by molar-refractivity contribution is -0.219. The molecule has 5 amide bonds. The number of nitrogens with two attached hydrogens (primary N) is 1. The summed E-state index contributed by atoms with van der Waals surface area (Å²) in [5.41, 5.74) is -0.865. The van der Waals surface area contributed by atoms with Gasteiger partial charge in [0.2, 0.25) is 17.6 Å². The van der Waals surface area contributed by atoms with Gasteiger partial charge in [-0.15, -0.1) is 0 Å². The predicted molar refractivity (Wildman–Crippen MR) is 256 cm³/mol. The van der Waals surface area contributed by atoms with Gasteiger partial charge in [-0.25, -0.2) is 14.0 Å². The first-order valence-corrected chi connectivity index (χ1v) is 25.0. The van der Waals surface area contributed by atoms with E-state index < -0.39 is 94.2 Å². The molecule has 0 spiro atoms. The Balaban J connectivity index is 1.24. The number of methoxy groups -OCH3 is 1. The van der Waals surface area contributed by atoms with E-state index in [0.29, 0.717) is 77.5 Å². The van der Waals surface area contributed by atoms with Crippen molar-refractivity contribution in [1.82, 2.24) is 20.9 Å². The zero-order valence-electron chi connectivity index (χ0n) is 42.7. The Labute approximate surface area is 417 Å². The molecule has 0 aromatic rings. The number of ether oxygens (including phenoxy) is 6. The molecule has 0 heterocycles. The topological polar surface area (TPSA) is 281 Å². The minimum absolute atomic E-state index is 0.0109. The average molecular weight is 1010 g/mol. The van der Waals surface area contributed by atoms with Gasteiger partial charge in [0, 0.05) is 69.3 Å². The molecule has 0 aliphatic heterocycles. The van der Waals surface area contributed by atoms with Gasteiger partial charge in [0.25, 0.3) is 0 Å². The first-order chi connectivity index (χ1) is 33.6. The second-order valence-corrected chi connectivity index (χ2v) is 20.1. The summed E-state index contributed by atoms with van der Waals surface area (Å²) < 4.78 is 49.6. The molecule has 4 aliphatic rings. The molecule has 71 heavy (non-hydrogen) atoms. The summed E-state index contributed by atoms with van der Waals surface area (Å²) in [6.07, 6.45) is 2.91. The Morgan fingerprint density at radius 3 is 2.15 bits per heavy atom. The number of amides is 5. The molecule has 0 aromatic carbocycles. The minimum atomic E-state index is -2.14. The number of likely N-dealkylation sites (N-methyl/N-ethyl adjacent to an activating group) is 1. The standard InChI is InChI=1S/C50H80FN5O15/c1-32(2)43(55-42(61)13-18-67-21-22-69-25-26-70-24-23-68-20-19-66-7)39(58)28-34(9-8-15-54-45(52)63)44(62)53-16-17-56(6)46(64)71-31-41(60)50(65)33(3)27-38-37-11-10-35-29-36(57)12-14-47(35,4)49(37,51)40(59)30-48(38,50)5/h12,14,29,32-34,37-38,40,43,59,65H,8-11,13,15-28,30-31H2,1-7H3,(H,53,62)(H,55,61)(H3,52,54,63)/t33-,34-,37+,38+,40+,43+,47+,48+,49+,50+/m1/s1. The van der Waals surface area contributed by atoms with Crippen LogP contribution in [0, 0.1) is 40.4 Å². The van der Waals surface area contributed by atoms with E-state index in [4.69, 9.17) is 34.2 Å². The number of nitrogens with one attached hydrogen (secondary N) is 3. The molecule has 20 nitrogen and oxygen atoms in total. The number of carbonyl (C=O) groups excluding carboxylic acids is 7. The molecule has 0 unspecified atom stereocenters. The summed E-state index contributed by atoms with van der Waals surface area (Å²) in [6.45, 7) is 11.2. The molecule has 0 aromatic heterocycles. The zero-order valence-corrected chi connectivity index (χ0v) is 42.7. The highest BCUT2D eigenvalue weighted by Crippen LogP contribution is 2.70. The predicted octanol–water partition coefficient (Wildman–Crippen LogP) is 2.36. The summed E-state index contributed by atoms with van der Waals surface area (Å²) in [6, 6.07) is -1.64. The molecule has 7 N–H and O–H groups in total. The lowest BCUT2D eigenvalue weighted by atomic mass is 9.44. The Kier molecular flexibility index (Phi) is 22.6. The number of urea groups is 1. The zero-order chi connectivity index (χ0) is 52.6. The van der Waals surface area contributed by atoms with E-state index >= 15 is 4.39 Å². The summed E-state index contributed by atoms with van der Waals surface area (Å²) in [7, 11) is 3.00. The molecule has 0 radical (unpaired) electrons. The van der Waals surface area contributed by atoms with E-state index in [2.05, 4.69) is 16.0 Å². The van der Waals surface area contributed by atoms with Crippen LogP contribution in [0.2, 0.25) is 0 Å². The van der Waals surface area contributed by atoms with E-state index in [1.54, 1.807) is 47.8 Å². The molecule has 4 rings (SSSR count). The SMILES string of the molecule is COCCOCCOCCOCCOCCC(=O)N[C@H](C(=O)C[C@@H](CCCNC(N)=O)C(=O)NCCN(C)C(=O)OCC(=O)[C@@]1(O)[C@H](C)C[C@H]2[C@@H]3CCC4=CC(=O)C=C[C@]4(C)[C@@]3(F)[C@@H](O)C[C@@]21C)C(C)C. The van der Waals surface area contributed by atoms with E-state index in [1.807, 2.05) is 0 Å². The van der Waals surface area contributed by atoms with Gasteiger partial charge in [0.15, 0.2) is 23.8 Å². The van der Waals surface area contributed by atoms with E-state index in [0.717, 1.165) is 4.90 Å². The third-order valence-corrected chi connectivity index (χ3v) is 15.2. The van der Waals surface area contributed by atoms with Crippen LogP contribution in [0.5, 0.6) is 0 Å². The van der Waals surface area contributed by atoms with Crippen molar-refractivity contribution >= 4 is 41.3 Å². The Bertz CT molecular complexity index is 1920. The third-order valence-electron chi connectivity index (χ3n) is 15.2. The number of aliphatic hydroxyl groups excluding tert-OH is 1. The highest BCUT2D eigenvalue weighted by Gasteiger charge is 2.75. The van der Waals surface area contributed by atoms with E-state index in [9.17, 15) is 43.8 Å². The fraction of sp³-hybridized carbons (Fsp3) is 0.780. The molecule has 10 atom stereocenters. The lowest BCUT2D eigenvalue weighted by Crippen LogP contribution is -2.69. The van der Waals surface area contributed by atoms with Crippen LogP contribution in [0.3, 0.4) is 0 Å². The normalized spacial score (nSPS) is 28.4. The number of rotatable bonds is 31. The number of ketones is 3. The first-order valence-electron chi connectivity index (χ1n) is 25.0. The minimum Gasteiger partial charge on any atom is -0.441 e. The Hall–Kier alpha value is -4.38. The molecular weight excluding hydrogens is 930 g/mol. The van der Waals surface area contributed by atoms with Crippen LogP contribution in [0.15, 0.2) is 23.8 Å². The van der Waals surface area contributed by atoms with Gasteiger partial charge in [0.05, 0.1) is 71.6 Å². The van der Waals surface area contributed by atoms with Crippen LogP contribution in [0.4, 0.5) is 14.0 Å². The van der Waals surface area contributed by atoms with Crippen molar-refractivity contribution in [2.75, 3.05) is 99.9 Å². The summed E-state index contributed by atoms with van der Waals surface area (Å²) >= 11 is 0. The third kappa shape index (κ3) is 14.4. The number of primary amides is 1. The molecule has 0 saturated heterocycles. The molecule has 3 saturated carbocycles. The number of alkyl halides is 1. The van der Waals surface area contributed by atoms with Crippen LogP contribution in [-0.4, -0.2) is 180 Å². The highest BCUT2D eigenvalue weighted by molar-refractivity contribution is 6.01. The second kappa shape index (κ2) is 27.1. The number of carbonyl (C=O) groups is 7. The van der Waals surface area contributed by atoms with Crippen molar-refractivity contribution in [3.05, 3.63) is 23.8 Å². The van der Waals surface area contributed by atoms with Gasteiger partial charge in [-0.1, -0.05) is 39.3 Å². The highest BCUT2D eigenvalue weighted by atomic mass is 19.1. The van der Waals surface area contributed by atoms with Gasteiger partial charge >= 0.3 is 12.1 Å². The van der Waals surface area contributed by atoms with Crippen molar-refractivity contribution in [2.24, 2.45) is 46.2 Å². The number of allylic oxidation sites excluding steroid dienone is 4. The molecule has 0 bridgehead atoms. The Morgan fingerprint density at radius 1 is 0.930 bits per heavy atom. The maximum atomic E-state index is 17.6. The molecule has 4 aliphatic carbocycles. The summed E-state index contributed by atoms with van der Waals surface area (Å²) in [5.74, 6) is -5.35. The molecule has 21 heteroatoms. The van der Waals surface area contributed by atoms with Gasteiger partial charge in [-0.05, 0) is 75.4 Å². The van der Waals surface area contributed by atoms with E-state index in [1.165, 1.54) is 19.2 Å². The second-order valence-electron chi connectivity index (χ2n) is 20.1. The fourth-order valence-electron chi connectivity index (χ4n) is 11.3. The number of Topliss-reactive ketones (excluding diaryl/α,β-unsaturated/α-hetero) is 2. The summed E-state index contributed by atoms with van der Waals surface area (Å²) in [4.78, 5) is 91.9. The van der Waals surface area contributed by atoms with Crippen molar-refractivity contribution in [3.63, 3.8) is 0 Å². The van der Waals surface area contributed by atoms with Crippen LogP contribution in [-0.2, 0) is 52.4 Å². The molecule has 3 fully saturated rings. The molecule has 402 valence electrons. The largest absolute Gasteiger partial charge is 0.441 e. The lowest BCUT2D eigenvalue weighted by Gasteiger charge is -2.62. The maximum absolute atomic E-state index is 17.6. The van der Waals surface area contributed by atoms with Gasteiger partial charge in [0.1, 0.15) is 5.60 Å². The van der Waals surface area contributed by atoms with Crippen LogP contribution >= 0.6 is 0 Å². The van der Waals surface area contributed by atoms with Crippen LogP contribution < -0.4 is 21.7 Å². The van der Waals surface area contributed by atoms with Crippen molar-refractivity contribution in [1.29, 1.82) is 0 Å². The number of aliphatic hydroxyl groups is 2. The van der Waals surface area contributed by atoms with Crippen LogP contribution in [0.25, 0.3) is 0 Å². The monoisotopic (exact) mass is 1010 g/mol. The van der Waals surface area contributed by atoms with E-state index in [-0.39, 0.29) is 76.0 Å². The number of hydrogen-bond donors (Lipinski definition) is 6. The van der Waals surface area contributed by atoms with Gasteiger partial charge in [-0.3, -0.25) is 24.0 Å². The number of hydrogen-bond acceptors (Lipinski definition) is 15. The fourth-order valence-corrected chi connectivity index (χ4v) is 11.3. The molecular formula is C50H80FN5O15. The number of fused-ring (bicyclic) bond motifs is 5. The quantitative estimate of drug-likeness (QED) is 0.0544. The number of nitrogens with zero attached hydrogens (tertiary/aromatic N) is 1. The maximum Gasteiger partial charge on any atom is 0.409 e. The average Bonchev–Trinajstić information content (AvgIpc) is 3.52. The summed E-state index contributed by atoms with van der Waals surface area (Å²) in [5, 5.41) is 31.9. The number of halogens is 1. The Morgan fingerprint density at radius 2 is 1.55 bits per heavy atom. The van der Waals surface area contributed by atoms with Gasteiger partial charge in [-0.2, -0.15) is 0 Å². The van der Waals surface area contributed by atoms with Crippen molar-refractivity contribution in [2.45, 2.75) is 109 Å². The smallest absolute Gasteiger partial charge is 0.409 e. The van der Waals surface area contributed by atoms with Gasteiger partial charge < -0.3 is 65.2 Å². The first kappa shape index (κ1) is 59.2. The van der Waals surface area contributed by atoms with Crippen molar-refractivity contribution < 1.29 is 76.6 Å².